The zero-order valence-electron chi connectivity index (χ0n) is 29.1. The first-order chi connectivity index (χ1) is 24.9. The van der Waals surface area contributed by atoms with E-state index >= 15 is 0 Å². The Balaban J connectivity index is 1.36. The molecule has 0 spiro atoms. The van der Waals surface area contributed by atoms with Crippen LogP contribution in [-0.4, -0.2) is 36.7 Å². The number of benzene rings is 5. The Morgan fingerprint density at radius 2 is 1.50 bits per heavy atom. The zero-order chi connectivity index (χ0) is 37.1. The van der Waals surface area contributed by atoms with Crippen molar-refractivity contribution in [1.29, 1.82) is 0 Å². The predicted molar refractivity (Wildman–Crippen MR) is 203 cm³/mol. The summed E-state index contributed by atoms with van der Waals surface area (Å²) < 4.78 is 25.7. The first-order valence-electron chi connectivity index (χ1n) is 16.7. The van der Waals surface area contributed by atoms with Crippen LogP contribution in [0.2, 0.25) is 5.02 Å². The lowest BCUT2D eigenvalue weighted by Gasteiger charge is -2.26. The van der Waals surface area contributed by atoms with Gasteiger partial charge in [-0.3, -0.25) is 4.79 Å². The Hall–Kier alpha value is -5.87. The van der Waals surface area contributed by atoms with E-state index in [1.54, 1.807) is 80.3 Å². The van der Waals surface area contributed by atoms with E-state index in [4.69, 9.17) is 21.1 Å². The van der Waals surface area contributed by atoms with Crippen molar-refractivity contribution in [3.8, 4) is 22.6 Å². The molecule has 3 N–H and O–H groups in total. The van der Waals surface area contributed by atoms with Gasteiger partial charge in [0.2, 0.25) is 0 Å². The molecule has 0 saturated carbocycles. The van der Waals surface area contributed by atoms with Gasteiger partial charge in [-0.1, -0.05) is 78.3 Å². The predicted octanol–water partition coefficient (Wildman–Crippen LogP) is 9.82. The van der Waals surface area contributed by atoms with Crippen molar-refractivity contribution >= 4 is 41.0 Å². The fourth-order valence-electron chi connectivity index (χ4n) is 5.22. The van der Waals surface area contributed by atoms with Gasteiger partial charge in [-0.05, 0) is 92.4 Å². The minimum Gasteiger partial charge on any atom is -0.455 e. The average Bonchev–Trinajstić information content (AvgIpc) is 3.12. The first-order valence-corrected chi connectivity index (χ1v) is 17.1. The number of carbonyl (C=O) groups excluding carboxylic acids is 3. The third kappa shape index (κ3) is 10.8. The molecule has 0 aliphatic rings. The standard InChI is InChI=1S/C41H40ClFN4O5/c1-41(2,3)52-40(50)45-27-28-11-9-14-33(25-28)51-37-26-32(42)21-22-36(37)47(24-10-23-44-39(49)46-35-16-8-7-15-34(35)43)38(48)31-19-17-30(18-20-31)29-12-5-4-6-13-29/h4-9,11-22,25-26H,10,23-24,27H2,1-3H3,(H,45,50)(H2,44,46,49). The third-order valence-corrected chi connectivity index (χ3v) is 7.86. The lowest BCUT2D eigenvalue weighted by Crippen LogP contribution is -2.36. The largest absolute Gasteiger partial charge is 0.455 e. The molecule has 0 aliphatic carbocycles. The van der Waals surface area contributed by atoms with E-state index in [9.17, 15) is 18.8 Å². The van der Waals surface area contributed by atoms with Crippen molar-refractivity contribution in [1.82, 2.24) is 10.6 Å². The molecule has 268 valence electrons. The van der Waals surface area contributed by atoms with Crippen molar-refractivity contribution in [2.45, 2.75) is 39.3 Å². The molecule has 11 heteroatoms. The molecule has 5 aromatic rings. The summed E-state index contributed by atoms with van der Waals surface area (Å²) in [6.07, 6.45) is -0.187. The van der Waals surface area contributed by atoms with Gasteiger partial charge in [0, 0.05) is 36.3 Å². The number of urea groups is 1. The summed E-state index contributed by atoms with van der Waals surface area (Å²) in [6.45, 7) is 5.96. The Morgan fingerprint density at radius 1 is 0.788 bits per heavy atom. The van der Waals surface area contributed by atoms with Crippen LogP contribution >= 0.6 is 11.6 Å². The Morgan fingerprint density at radius 3 is 2.23 bits per heavy atom. The van der Waals surface area contributed by atoms with Gasteiger partial charge >= 0.3 is 12.1 Å². The van der Waals surface area contributed by atoms with E-state index in [0.29, 0.717) is 34.2 Å². The van der Waals surface area contributed by atoms with Crippen molar-refractivity contribution in [3.63, 3.8) is 0 Å². The van der Waals surface area contributed by atoms with Crippen LogP contribution in [0.4, 0.5) is 25.4 Å². The molecule has 0 aromatic heterocycles. The summed E-state index contributed by atoms with van der Waals surface area (Å²) in [5.41, 5.74) is 3.08. The molecule has 52 heavy (non-hydrogen) atoms. The highest BCUT2D eigenvalue weighted by Crippen LogP contribution is 2.36. The minimum absolute atomic E-state index is 0.0587. The maximum absolute atomic E-state index is 14.2. The summed E-state index contributed by atoms with van der Waals surface area (Å²) in [4.78, 5) is 40.5. The van der Waals surface area contributed by atoms with Gasteiger partial charge < -0.3 is 30.3 Å². The second-order valence-electron chi connectivity index (χ2n) is 12.8. The Kier molecular flexibility index (Phi) is 12.5. The fourth-order valence-corrected chi connectivity index (χ4v) is 5.38. The minimum atomic E-state index is -0.630. The molecule has 9 nitrogen and oxygen atoms in total. The normalized spacial score (nSPS) is 10.9. The SMILES string of the molecule is CC(C)(C)OC(=O)NCc1cccc(Oc2cc(Cl)ccc2N(CCCNC(=O)Nc2ccccc2F)C(=O)c2ccc(-c3ccccc3)cc2)c1. The second kappa shape index (κ2) is 17.4. The van der Waals surface area contributed by atoms with Crippen molar-refractivity contribution in [3.05, 3.63) is 143 Å². The number of alkyl carbamates (subject to hydrolysis) is 1. The molecule has 0 unspecified atom stereocenters. The number of para-hydroxylation sites is 1. The highest BCUT2D eigenvalue weighted by molar-refractivity contribution is 6.31. The monoisotopic (exact) mass is 722 g/mol. The molecule has 0 saturated heterocycles. The van der Waals surface area contributed by atoms with E-state index < -0.39 is 23.5 Å². The number of hydrogen-bond acceptors (Lipinski definition) is 5. The number of hydrogen-bond donors (Lipinski definition) is 3. The van der Waals surface area contributed by atoms with Gasteiger partial charge in [0.15, 0.2) is 5.75 Å². The van der Waals surface area contributed by atoms with Crippen molar-refractivity contribution < 1.29 is 28.2 Å². The molecule has 0 fully saturated rings. The number of carbonyl (C=O) groups is 3. The lowest BCUT2D eigenvalue weighted by atomic mass is 10.0. The van der Waals surface area contributed by atoms with Gasteiger partial charge in [0.05, 0.1) is 11.4 Å². The van der Waals surface area contributed by atoms with E-state index in [0.717, 1.165) is 16.7 Å². The molecular weight excluding hydrogens is 683 g/mol. The maximum atomic E-state index is 14.2. The first kappa shape index (κ1) is 37.4. The molecule has 0 bridgehead atoms. The Bertz CT molecular complexity index is 2000. The molecule has 0 heterocycles. The summed E-state index contributed by atoms with van der Waals surface area (Å²) in [7, 11) is 0. The molecule has 0 radical (unpaired) electrons. The molecular formula is C41H40ClFN4O5. The van der Waals surface area contributed by atoms with Crippen molar-refractivity contribution in [2.75, 3.05) is 23.3 Å². The number of halogens is 2. The zero-order valence-corrected chi connectivity index (χ0v) is 29.9. The van der Waals surface area contributed by atoms with Gasteiger partial charge in [-0.2, -0.15) is 0 Å². The second-order valence-corrected chi connectivity index (χ2v) is 13.3. The quantitative estimate of drug-likeness (QED) is 0.111. The topological polar surface area (TPSA) is 109 Å². The van der Waals surface area contributed by atoms with E-state index in [2.05, 4.69) is 16.0 Å². The van der Waals surface area contributed by atoms with Gasteiger partial charge in [0.25, 0.3) is 5.91 Å². The summed E-state index contributed by atoms with van der Waals surface area (Å²) in [5, 5.41) is 8.36. The lowest BCUT2D eigenvalue weighted by molar-refractivity contribution is 0.0523. The van der Waals surface area contributed by atoms with E-state index in [1.165, 1.54) is 18.2 Å². The highest BCUT2D eigenvalue weighted by atomic mass is 35.5. The van der Waals surface area contributed by atoms with Crippen LogP contribution in [0, 0.1) is 5.82 Å². The summed E-state index contributed by atoms with van der Waals surface area (Å²) in [6, 6.07) is 34.7. The molecule has 4 amide bonds. The van der Waals surface area contributed by atoms with Gasteiger partial charge in [-0.15, -0.1) is 0 Å². The number of nitrogens with one attached hydrogen (secondary N) is 3. The van der Waals surface area contributed by atoms with Crippen LogP contribution in [0.5, 0.6) is 11.5 Å². The Labute approximate surface area is 307 Å². The number of ether oxygens (including phenoxy) is 2. The highest BCUT2D eigenvalue weighted by Gasteiger charge is 2.23. The van der Waals surface area contributed by atoms with Crippen LogP contribution in [0.25, 0.3) is 11.1 Å². The van der Waals surface area contributed by atoms with Gasteiger partial charge in [-0.25, -0.2) is 14.0 Å². The smallest absolute Gasteiger partial charge is 0.407 e. The molecule has 5 aromatic carbocycles. The van der Waals surface area contributed by atoms with Crippen molar-refractivity contribution in [2.24, 2.45) is 0 Å². The number of nitrogens with zero attached hydrogens (tertiary/aromatic N) is 1. The van der Waals surface area contributed by atoms with Crippen LogP contribution in [0.3, 0.4) is 0 Å². The fraction of sp³-hybridized carbons (Fsp3) is 0.195. The van der Waals surface area contributed by atoms with Crippen LogP contribution in [0.15, 0.2) is 121 Å². The maximum Gasteiger partial charge on any atom is 0.407 e. The number of rotatable bonds is 12. The van der Waals surface area contributed by atoms with Gasteiger partial charge in [0.1, 0.15) is 17.2 Å². The molecule has 0 atom stereocenters. The number of anilines is 2. The number of amides is 4. The average molecular weight is 723 g/mol. The van der Waals surface area contributed by atoms with E-state index in [-0.39, 0.29) is 31.2 Å². The third-order valence-electron chi connectivity index (χ3n) is 7.62. The summed E-state index contributed by atoms with van der Waals surface area (Å²) >= 11 is 6.44. The van der Waals surface area contributed by atoms with Crippen LogP contribution < -0.4 is 25.6 Å². The van der Waals surface area contributed by atoms with Crippen LogP contribution in [0.1, 0.15) is 43.1 Å². The van der Waals surface area contributed by atoms with E-state index in [1.807, 2.05) is 48.5 Å². The summed E-state index contributed by atoms with van der Waals surface area (Å²) in [5.74, 6) is -0.0620. The van der Waals surface area contributed by atoms with Crippen LogP contribution in [-0.2, 0) is 11.3 Å². The molecule has 5 rings (SSSR count). The molecule has 0 aliphatic heterocycles.